The Morgan fingerprint density at radius 2 is 1.72 bits per heavy atom. The summed E-state index contributed by atoms with van der Waals surface area (Å²) in [4.78, 5) is 17.7. The minimum Gasteiger partial charge on any atom is -0.489 e. The van der Waals surface area contributed by atoms with Crippen molar-refractivity contribution in [3.05, 3.63) is 88.9 Å². The molecular formula is C26H28ClN3O2. The Hall–Kier alpha value is -3.02. The summed E-state index contributed by atoms with van der Waals surface area (Å²) in [5.41, 5.74) is 3.23. The molecule has 0 aromatic heterocycles. The van der Waals surface area contributed by atoms with Crippen LogP contribution >= 0.6 is 11.6 Å². The summed E-state index contributed by atoms with van der Waals surface area (Å²) < 4.78 is 5.88. The fraction of sp³-hybridized carbons (Fsp3) is 0.269. The Balaban J connectivity index is 1.47. The molecule has 166 valence electrons. The standard InChI is InChI=1S/C26H28ClN3O2/c1-2-29-14-16-30(17-15-29)25-23(27)12-7-13-24(25)28-26(31)21-10-6-11-22(18-21)32-19-20-8-4-3-5-9-20/h3-13,18H,2,14-17,19H2,1H3,(H,28,31). The van der Waals surface area contributed by atoms with E-state index in [-0.39, 0.29) is 5.91 Å². The van der Waals surface area contributed by atoms with Crippen LogP contribution in [-0.2, 0) is 6.61 Å². The molecule has 1 heterocycles. The second-order valence-corrected chi connectivity index (χ2v) is 8.22. The van der Waals surface area contributed by atoms with Crippen LogP contribution in [-0.4, -0.2) is 43.5 Å². The number of para-hydroxylation sites is 1. The number of likely N-dealkylation sites (N-methyl/N-ethyl adjacent to an activating group) is 1. The van der Waals surface area contributed by atoms with Crippen molar-refractivity contribution in [2.75, 3.05) is 42.9 Å². The molecular weight excluding hydrogens is 422 g/mol. The van der Waals surface area contributed by atoms with Gasteiger partial charge in [-0.25, -0.2) is 0 Å². The van der Waals surface area contributed by atoms with Gasteiger partial charge >= 0.3 is 0 Å². The molecule has 6 heteroatoms. The van der Waals surface area contributed by atoms with Crippen molar-refractivity contribution >= 4 is 28.9 Å². The van der Waals surface area contributed by atoms with Crippen molar-refractivity contribution in [3.63, 3.8) is 0 Å². The molecule has 5 nitrogen and oxygen atoms in total. The van der Waals surface area contributed by atoms with Crippen LogP contribution < -0.4 is 15.0 Å². The van der Waals surface area contributed by atoms with E-state index in [1.54, 1.807) is 12.1 Å². The maximum atomic E-state index is 13.0. The maximum Gasteiger partial charge on any atom is 0.255 e. The largest absolute Gasteiger partial charge is 0.489 e. The first-order valence-corrected chi connectivity index (χ1v) is 11.4. The summed E-state index contributed by atoms with van der Waals surface area (Å²) in [7, 11) is 0. The molecule has 0 spiro atoms. The highest BCUT2D eigenvalue weighted by Crippen LogP contribution is 2.35. The molecule has 1 aliphatic heterocycles. The molecule has 0 unspecified atom stereocenters. The first-order valence-electron chi connectivity index (χ1n) is 11.0. The number of hydrogen-bond donors (Lipinski definition) is 1. The number of piperazine rings is 1. The number of hydrogen-bond acceptors (Lipinski definition) is 4. The van der Waals surface area contributed by atoms with Crippen LogP contribution in [0.25, 0.3) is 0 Å². The van der Waals surface area contributed by atoms with E-state index in [1.807, 2.05) is 60.7 Å². The molecule has 0 bridgehead atoms. The van der Waals surface area contributed by atoms with Gasteiger partial charge in [0.15, 0.2) is 0 Å². The van der Waals surface area contributed by atoms with Gasteiger partial charge in [0.25, 0.3) is 5.91 Å². The molecule has 1 fully saturated rings. The third-order valence-corrected chi connectivity index (χ3v) is 6.02. The highest BCUT2D eigenvalue weighted by molar-refractivity contribution is 6.34. The van der Waals surface area contributed by atoms with Crippen molar-refractivity contribution in [3.8, 4) is 5.75 Å². The fourth-order valence-corrected chi connectivity index (χ4v) is 4.18. The lowest BCUT2D eigenvalue weighted by Gasteiger charge is -2.36. The molecule has 0 radical (unpaired) electrons. The van der Waals surface area contributed by atoms with Crippen molar-refractivity contribution < 1.29 is 9.53 Å². The van der Waals surface area contributed by atoms with Gasteiger partial charge in [0.2, 0.25) is 0 Å². The van der Waals surface area contributed by atoms with Gasteiger partial charge in [-0.2, -0.15) is 0 Å². The number of nitrogens with zero attached hydrogens (tertiary/aromatic N) is 2. The summed E-state index contributed by atoms with van der Waals surface area (Å²) >= 11 is 6.56. The van der Waals surface area contributed by atoms with Crippen molar-refractivity contribution in [1.29, 1.82) is 0 Å². The molecule has 0 aliphatic carbocycles. The van der Waals surface area contributed by atoms with Gasteiger partial charge in [0.1, 0.15) is 12.4 Å². The summed E-state index contributed by atoms with van der Waals surface area (Å²) in [6, 6.07) is 22.8. The quantitative estimate of drug-likeness (QED) is 0.530. The Kier molecular flexibility index (Phi) is 7.30. The lowest BCUT2D eigenvalue weighted by Crippen LogP contribution is -2.46. The highest BCUT2D eigenvalue weighted by Gasteiger charge is 2.21. The topological polar surface area (TPSA) is 44.8 Å². The smallest absolute Gasteiger partial charge is 0.255 e. The van der Waals surface area contributed by atoms with Crippen LogP contribution in [0.1, 0.15) is 22.8 Å². The molecule has 1 aliphatic rings. The van der Waals surface area contributed by atoms with Crippen LogP contribution in [0.2, 0.25) is 5.02 Å². The van der Waals surface area contributed by atoms with Gasteiger partial charge in [-0.15, -0.1) is 0 Å². The van der Waals surface area contributed by atoms with E-state index in [0.29, 0.717) is 22.9 Å². The van der Waals surface area contributed by atoms with Crippen LogP contribution in [0.15, 0.2) is 72.8 Å². The molecule has 0 atom stereocenters. The minimum absolute atomic E-state index is 0.189. The van der Waals surface area contributed by atoms with Crippen molar-refractivity contribution in [2.45, 2.75) is 13.5 Å². The number of ether oxygens (including phenoxy) is 1. The van der Waals surface area contributed by atoms with Crippen LogP contribution in [0.4, 0.5) is 11.4 Å². The highest BCUT2D eigenvalue weighted by atomic mass is 35.5. The molecule has 1 N–H and O–H groups in total. The Bertz CT molecular complexity index is 1050. The van der Waals surface area contributed by atoms with Crippen LogP contribution in [0.5, 0.6) is 5.75 Å². The number of rotatable bonds is 7. The van der Waals surface area contributed by atoms with Gasteiger partial charge in [-0.05, 0) is 42.4 Å². The molecule has 4 rings (SSSR count). The van der Waals surface area contributed by atoms with Gasteiger partial charge in [-0.3, -0.25) is 4.79 Å². The fourth-order valence-electron chi connectivity index (χ4n) is 3.89. The first kappa shape index (κ1) is 22.2. The van der Waals surface area contributed by atoms with E-state index in [0.717, 1.165) is 49.7 Å². The Morgan fingerprint density at radius 3 is 2.47 bits per heavy atom. The summed E-state index contributed by atoms with van der Waals surface area (Å²) in [6.07, 6.45) is 0. The van der Waals surface area contributed by atoms with Gasteiger partial charge in [-0.1, -0.05) is 61.0 Å². The zero-order valence-corrected chi connectivity index (χ0v) is 19.0. The monoisotopic (exact) mass is 449 g/mol. The average molecular weight is 450 g/mol. The average Bonchev–Trinajstić information content (AvgIpc) is 2.84. The van der Waals surface area contributed by atoms with E-state index in [2.05, 4.69) is 22.0 Å². The zero-order chi connectivity index (χ0) is 22.3. The first-order chi connectivity index (χ1) is 15.6. The molecule has 0 saturated carbocycles. The van der Waals surface area contributed by atoms with Crippen LogP contribution in [0, 0.1) is 0 Å². The summed E-state index contributed by atoms with van der Waals surface area (Å²) in [6.45, 7) is 7.39. The van der Waals surface area contributed by atoms with Gasteiger partial charge in [0.05, 0.1) is 16.4 Å². The summed E-state index contributed by atoms with van der Waals surface area (Å²) in [5, 5.41) is 3.70. The number of amides is 1. The van der Waals surface area contributed by atoms with Gasteiger partial charge in [0, 0.05) is 31.7 Å². The van der Waals surface area contributed by atoms with Crippen molar-refractivity contribution in [1.82, 2.24) is 4.90 Å². The lowest BCUT2D eigenvalue weighted by molar-refractivity contribution is 0.102. The van der Waals surface area contributed by atoms with E-state index < -0.39 is 0 Å². The van der Waals surface area contributed by atoms with Crippen LogP contribution in [0.3, 0.4) is 0 Å². The lowest BCUT2D eigenvalue weighted by atomic mass is 10.1. The zero-order valence-electron chi connectivity index (χ0n) is 18.3. The Morgan fingerprint density at radius 1 is 0.969 bits per heavy atom. The van der Waals surface area contributed by atoms with E-state index in [1.165, 1.54) is 0 Å². The Labute approximate surface area is 194 Å². The number of halogens is 1. The van der Waals surface area contributed by atoms with E-state index in [9.17, 15) is 4.79 Å². The predicted molar refractivity (Wildman–Crippen MR) is 131 cm³/mol. The molecule has 32 heavy (non-hydrogen) atoms. The number of carbonyl (C=O) groups excluding carboxylic acids is 1. The molecule has 3 aromatic carbocycles. The normalized spacial score (nSPS) is 14.2. The number of anilines is 2. The number of nitrogens with one attached hydrogen (secondary N) is 1. The summed E-state index contributed by atoms with van der Waals surface area (Å²) in [5.74, 6) is 0.467. The second kappa shape index (κ2) is 10.5. The molecule has 1 amide bonds. The predicted octanol–water partition coefficient (Wildman–Crippen LogP) is 5.31. The van der Waals surface area contributed by atoms with Gasteiger partial charge < -0.3 is 19.9 Å². The third-order valence-electron chi connectivity index (χ3n) is 5.72. The SMILES string of the molecule is CCN1CCN(c2c(Cl)cccc2NC(=O)c2cccc(OCc3ccccc3)c2)CC1. The molecule has 3 aromatic rings. The van der Waals surface area contributed by atoms with E-state index in [4.69, 9.17) is 16.3 Å². The second-order valence-electron chi connectivity index (χ2n) is 7.81. The maximum absolute atomic E-state index is 13.0. The third kappa shape index (κ3) is 5.42. The number of carbonyl (C=O) groups is 1. The number of benzene rings is 3. The molecule has 1 saturated heterocycles. The minimum atomic E-state index is -0.189. The van der Waals surface area contributed by atoms with Crippen molar-refractivity contribution in [2.24, 2.45) is 0 Å². The van der Waals surface area contributed by atoms with E-state index >= 15 is 0 Å².